The molecule has 2 N–H and O–H groups in total. The molecule has 2 aromatic rings. The number of fused-ring (bicyclic) bond motifs is 1. The molecular weight excluding hydrogens is 388 g/mol. The number of likely N-dealkylation sites (tertiary alicyclic amines) is 1. The quantitative estimate of drug-likeness (QED) is 0.726. The third-order valence-electron chi connectivity index (χ3n) is 6.27. The van der Waals surface area contributed by atoms with Crippen LogP contribution in [0.15, 0.2) is 59.6 Å². The number of nitrogens with one attached hydrogen (secondary N) is 2. The lowest BCUT2D eigenvalue weighted by molar-refractivity contribution is -0.136. The number of benzene rings is 2. The van der Waals surface area contributed by atoms with E-state index in [1.54, 1.807) is 14.0 Å². The summed E-state index contributed by atoms with van der Waals surface area (Å²) in [4.78, 5) is 33.1. The average Bonchev–Trinajstić information content (AvgIpc) is 3.45. The standard InChI is InChI=1S/C25H30N4O2/c1-17(26-2)24(30)28-22(15-18-9-4-3-5-10-18)25(31)29-14-8-13-23(29)21-16-19-11-6-7-12-20(19)27-21/h3-7,9-12,17,22-23,26H,8,13-16H2,1-2H3,(H,28,30)/t17-,22-,23?/m0/s1. The summed E-state index contributed by atoms with van der Waals surface area (Å²) in [6.45, 7) is 2.49. The Bertz CT molecular complexity index is 972. The number of nitrogens with zero attached hydrogens (tertiary/aromatic N) is 2. The van der Waals surface area contributed by atoms with Crippen LogP contribution in [0, 0.1) is 0 Å². The van der Waals surface area contributed by atoms with Crippen molar-refractivity contribution in [3.8, 4) is 0 Å². The minimum Gasteiger partial charge on any atom is -0.343 e. The van der Waals surface area contributed by atoms with E-state index < -0.39 is 6.04 Å². The predicted octanol–water partition coefficient (Wildman–Crippen LogP) is 2.64. The highest BCUT2D eigenvalue weighted by atomic mass is 16.2. The van der Waals surface area contributed by atoms with Crippen molar-refractivity contribution >= 4 is 23.2 Å². The topological polar surface area (TPSA) is 73.8 Å². The summed E-state index contributed by atoms with van der Waals surface area (Å²) in [5, 5.41) is 5.94. The second-order valence-corrected chi connectivity index (χ2v) is 8.36. The molecule has 0 saturated carbocycles. The summed E-state index contributed by atoms with van der Waals surface area (Å²) >= 11 is 0. The second kappa shape index (κ2) is 9.43. The molecule has 3 atom stereocenters. The fourth-order valence-electron chi connectivity index (χ4n) is 4.41. The monoisotopic (exact) mass is 418 g/mol. The highest BCUT2D eigenvalue weighted by Crippen LogP contribution is 2.31. The maximum atomic E-state index is 13.7. The highest BCUT2D eigenvalue weighted by molar-refractivity contribution is 6.01. The molecule has 4 rings (SSSR count). The van der Waals surface area contributed by atoms with Crippen LogP contribution in [0.2, 0.25) is 0 Å². The van der Waals surface area contributed by atoms with Gasteiger partial charge in [0.1, 0.15) is 6.04 Å². The summed E-state index contributed by atoms with van der Waals surface area (Å²) in [5.74, 6) is -0.195. The van der Waals surface area contributed by atoms with Crippen LogP contribution in [0.5, 0.6) is 0 Å². The molecule has 6 nitrogen and oxygen atoms in total. The van der Waals surface area contributed by atoms with Crippen molar-refractivity contribution in [3.63, 3.8) is 0 Å². The Labute approximate surface area is 183 Å². The van der Waals surface area contributed by atoms with Crippen molar-refractivity contribution < 1.29 is 9.59 Å². The van der Waals surface area contributed by atoms with Gasteiger partial charge in [0, 0.05) is 25.1 Å². The summed E-state index contributed by atoms with van der Waals surface area (Å²) in [7, 11) is 1.74. The molecule has 2 aliphatic heterocycles. The van der Waals surface area contributed by atoms with Gasteiger partial charge in [-0.25, -0.2) is 0 Å². The number of hydrogen-bond acceptors (Lipinski definition) is 4. The normalized spacial score (nSPS) is 19.5. The third-order valence-corrected chi connectivity index (χ3v) is 6.27. The van der Waals surface area contributed by atoms with Crippen molar-refractivity contribution in [3.05, 3.63) is 65.7 Å². The Balaban J connectivity index is 1.54. The van der Waals surface area contributed by atoms with Gasteiger partial charge in [0.05, 0.1) is 17.8 Å². The summed E-state index contributed by atoms with van der Waals surface area (Å²) in [6.07, 6.45) is 3.12. The molecule has 31 heavy (non-hydrogen) atoms. The average molecular weight is 419 g/mol. The van der Waals surface area contributed by atoms with Gasteiger partial charge in [0.2, 0.25) is 11.8 Å². The molecule has 2 aromatic carbocycles. The first-order chi connectivity index (χ1) is 15.1. The van der Waals surface area contributed by atoms with Gasteiger partial charge < -0.3 is 15.5 Å². The Hall–Kier alpha value is -2.99. The van der Waals surface area contributed by atoms with Crippen LogP contribution >= 0.6 is 0 Å². The molecule has 6 heteroatoms. The first-order valence-electron chi connectivity index (χ1n) is 11.0. The van der Waals surface area contributed by atoms with Gasteiger partial charge in [-0.15, -0.1) is 0 Å². The number of carbonyl (C=O) groups excluding carboxylic acids is 2. The summed E-state index contributed by atoms with van der Waals surface area (Å²) < 4.78 is 0. The molecule has 0 bridgehead atoms. The van der Waals surface area contributed by atoms with E-state index in [4.69, 9.17) is 4.99 Å². The van der Waals surface area contributed by atoms with E-state index in [0.717, 1.165) is 36.2 Å². The molecule has 1 saturated heterocycles. The third kappa shape index (κ3) is 4.69. The molecular formula is C25H30N4O2. The largest absolute Gasteiger partial charge is 0.343 e. The maximum absolute atomic E-state index is 13.7. The SMILES string of the molecule is CN[C@@H](C)C(=O)N[C@@H](Cc1ccccc1)C(=O)N1CCCC1C1=Nc2ccccc2C1. The van der Waals surface area contributed by atoms with Gasteiger partial charge in [-0.3, -0.25) is 14.6 Å². The van der Waals surface area contributed by atoms with Crippen LogP contribution < -0.4 is 10.6 Å². The number of amides is 2. The molecule has 162 valence electrons. The number of carbonyl (C=O) groups is 2. The molecule has 0 spiro atoms. The van der Waals surface area contributed by atoms with Crippen LogP contribution in [0.1, 0.15) is 30.9 Å². The van der Waals surface area contributed by atoms with Gasteiger partial charge in [-0.2, -0.15) is 0 Å². The smallest absolute Gasteiger partial charge is 0.246 e. The fourth-order valence-corrected chi connectivity index (χ4v) is 4.41. The number of aliphatic imine (C=N–C) groups is 1. The Morgan fingerprint density at radius 3 is 2.61 bits per heavy atom. The number of rotatable bonds is 7. The maximum Gasteiger partial charge on any atom is 0.246 e. The van der Waals surface area contributed by atoms with E-state index in [2.05, 4.69) is 16.7 Å². The predicted molar refractivity (Wildman–Crippen MR) is 123 cm³/mol. The molecule has 2 heterocycles. The molecule has 0 radical (unpaired) electrons. The number of hydrogen-bond donors (Lipinski definition) is 2. The lowest BCUT2D eigenvalue weighted by Gasteiger charge is -2.30. The Morgan fingerprint density at radius 1 is 1.13 bits per heavy atom. The molecule has 2 amide bonds. The van der Waals surface area contributed by atoms with E-state index in [0.29, 0.717) is 13.0 Å². The molecule has 2 aliphatic rings. The lowest BCUT2D eigenvalue weighted by Crippen LogP contribution is -2.55. The molecule has 1 fully saturated rings. The Morgan fingerprint density at radius 2 is 1.87 bits per heavy atom. The highest BCUT2D eigenvalue weighted by Gasteiger charge is 2.37. The van der Waals surface area contributed by atoms with E-state index in [9.17, 15) is 9.59 Å². The minimum atomic E-state index is -0.601. The summed E-state index contributed by atoms with van der Waals surface area (Å²) in [6, 6.07) is 17.0. The van der Waals surface area contributed by atoms with Crippen molar-refractivity contribution in [1.82, 2.24) is 15.5 Å². The first-order valence-corrected chi connectivity index (χ1v) is 11.0. The van der Waals surface area contributed by atoms with Crippen molar-refractivity contribution in [2.75, 3.05) is 13.6 Å². The van der Waals surface area contributed by atoms with Gasteiger partial charge >= 0.3 is 0 Å². The zero-order valence-corrected chi connectivity index (χ0v) is 18.2. The van der Waals surface area contributed by atoms with E-state index in [1.165, 1.54) is 5.56 Å². The molecule has 1 unspecified atom stereocenters. The van der Waals surface area contributed by atoms with Crippen molar-refractivity contribution in [2.45, 2.75) is 50.7 Å². The van der Waals surface area contributed by atoms with E-state index >= 15 is 0 Å². The zero-order valence-electron chi connectivity index (χ0n) is 18.2. The number of para-hydroxylation sites is 1. The van der Waals surface area contributed by atoms with Gasteiger partial charge in [-0.1, -0.05) is 48.5 Å². The van der Waals surface area contributed by atoms with Crippen molar-refractivity contribution in [1.29, 1.82) is 0 Å². The molecule has 0 aliphatic carbocycles. The van der Waals surface area contributed by atoms with Crippen LogP contribution in [-0.4, -0.2) is 54.1 Å². The zero-order chi connectivity index (χ0) is 21.8. The minimum absolute atomic E-state index is 0.00296. The second-order valence-electron chi connectivity index (χ2n) is 8.36. The van der Waals surface area contributed by atoms with Gasteiger partial charge in [0.25, 0.3) is 0 Å². The van der Waals surface area contributed by atoms with Gasteiger partial charge in [0.15, 0.2) is 0 Å². The van der Waals surface area contributed by atoms with Crippen LogP contribution in [0.25, 0.3) is 0 Å². The Kier molecular flexibility index (Phi) is 6.47. The lowest BCUT2D eigenvalue weighted by atomic mass is 10.0. The number of likely N-dealkylation sites (N-methyl/N-ethyl adjacent to an activating group) is 1. The van der Waals surface area contributed by atoms with Crippen LogP contribution in [0.3, 0.4) is 0 Å². The van der Waals surface area contributed by atoms with E-state index in [1.807, 2.05) is 53.4 Å². The van der Waals surface area contributed by atoms with Crippen LogP contribution in [-0.2, 0) is 22.4 Å². The molecule has 0 aromatic heterocycles. The van der Waals surface area contributed by atoms with Crippen LogP contribution in [0.4, 0.5) is 5.69 Å². The summed E-state index contributed by atoms with van der Waals surface area (Å²) in [5.41, 5.74) is 4.31. The van der Waals surface area contributed by atoms with Gasteiger partial charge in [-0.05, 0) is 44.0 Å². The first kappa shape index (κ1) is 21.2. The fraction of sp³-hybridized carbons (Fsp3) is 0.400. The van der Waals surface area contributed by atoms with Crippen molar-refractivity contribution in [2.24, 2.45) is 4.99 Å². The van der Waals surface area contributed by atoms with E-state index in [-0.39, 0.29) is 23.9 Å².